The summed E-state index contributed by atoms with van der Waals surface area (Å²) in [5.41, 5.74) is 0.974. The van der Waals surface area contributed by atoms with Gasteiger partial charge in [-0.3, -0.25) is 15.0 Å². The van der Waals surface area contributed by atoms with Gasteiger partial charge in [-0.15, -0.1) is 0 Å². The zero-order valence-corrected chi connectivity index (χ0v) is 14.5. The van der Waals surface area contributed by atoms with Gasteiger partial charge in [0.15, 0.2) is 0 Å². The van der Waals surface area contributed by atoms with Crippen molar-refractivity contribution in [3.05, 3.63) is 35.6 Å². The van der Waals surface area contributed by atoms with Crippen LogP contribution in [0.3, 0.4) is 0 Å². The molecule has 0 heterocycles. The minimum atomic E-state index is -0.405. The van der Waals surface area contributed by atoms with Gasteiger partial charge in [0.2, 0.25) is 5.91 Å². The Morgan fingerprint density at radius 3 is 2.36 bits per heavy atom. The molecule has 6 heteroatoms. The number of imide groups is 1. The van der Waals surface area contributed by atoms with Gasteiger partial charge in [0, 0.05) is 18.6 Å². The van der Waals surface area contributed by atoms with Crippen molar-refractivity contribution in [1.29, 1.82) is 0 Å². The molecule has 3 rings (SSSR count). The predicted molar refractivity (Wildman–Crippen MR) is 93.4 cm³/mol. The third-order valence-corrected chi connectivity index (χ3v) is 4.90. The first-order chi connectivity index (χ1) is 12.1. The number of benzene rings is 1. The van der Waals surface area contributed by atoms with Crippen LogP contribution in [0.4, 0.5) is 9.18 Å². The number of carbonyl (C=O) groups excluding carboxylic acids is 2. The summed E-state index contributed by atoms with van der Waals surface area (Å²) < 4.78 is 13.1. The number of urea groups is 1. The Morgan fingerprint density at radius 1 is 1.04 bits per heavy atom. The second kappa shape index (κ2) is 8.43. The molecule has 2 fully saturated rings. The largest absolute Gasteiger partial charge is 0.335 e. The summed E-state index contributed by atoms with van der Waals surface area (Å²) in [6, 6.07) is 6.54. The average Bonchev–Trinajstić information content (AvgIpc) is 3.40. The molecular weight excluding hydrogens is 321 g/mol. The number of hydrogen-bond acceptors (Lipinski definition) is 3. The molecule has 0 aromatic heterocycles. The van der Waals surface area contributed by atoms with Crippen LogP contribution in [-0.4, -0.2) is 35.5 Å². The van der Waals surface area contributed by atoms with Crippen LogP contribution in [0.1, 0.15) is 50.5 Å². The maximum atomic E-state index is 13.1. The fraction of sp³-hybridized carbons (Fsp3) is 0.579. The highest BCUT2D eigenvalue weighted by Gasteiger charge is 2.26. The molecule has 5 nitrogen and oxygen atoms in total. The van der Waals surface area contributed by atoms with E-state index < -0.39 is 6.03 Å². The maximum Gasteiger partial charge on any atom is 0.321 e. The second-order valence-electron chi connectivity index (χ2n) is 7.12. The minimum absolute atomic E-state index is 0.181. The molecule has 0 unspecified atom stereocenters. The van der Waals surface area contributed by atoms with E-state index in [0.717, 1.165) is 44.1 Å². The lowest BCUT2D eigenvalue weighted by molar-refractivity contribution is -0.122. The van der Waals surface area contributed by atoms with E-state index in [2.05, 4.69) is 15.5 Å². The standard InChI is InChI=1S/C19H26FN3O2/c20-15-8-6-14(7-9-15)12-23(17-4-2-1-3-5-17)13-18(24)22-19(25)21-16-10-11-16/h6-9,16-17H,1-5,10-13H2,(H2,21,22,24,25). The zero-order chi connectivity index (χ0) is 17.6. The molecule has 2 aliphatic carbocycles. The highest BCUT2D eigenvalue weighted by atomic mass is 19.1. The summed E-state index contributed by atoms with van der Waals surface area (Å²) in [4.78, 5) is 26.2. The van der Waals surface area contributed by atoms with Crippen molar-refractivity contribution in [2.75, 3.05) is 6.54 Å². The third kappa shape index (κ3) is 5.81. The van der Waals surface area contributed by atoms with Crippen LogP contribution in [0.2, 0.25) is 0 Å². The Bertz CT molecular complexity index is 595. The number of amides is 3. The van der Waals surface area contributed by atoms with Crippen molar-refractivity contribution in [2.45, 2.75) is 63.6 Å². The van der Waals surface area contributed by atoms with Crippen LogP contribution in [0.5, 0.6) is 0 Å². The molecule has 0 aliphatic heterocycles. The lowest BCUT2D eigenvalue weighted by atomic mass is 9.93. The van der Waals surface area contributed by atoms with E-state index >= 15 is 0 Å². The molecule has 2 N–H and O–H groups in total. The Kier molecular flexibility index (Phi) is 6.02. The molecule has 0 spiro atoms. The fourth-order valence-corrected chi connectivity index (χ4v) is 3.38. The maximum absolute atomic E-state index is 13.1. The first kappa shape index (κ1) is 17.9. The normalized spacial score (nSPS) is 18.2. The molecule has 1 aromatic rings. The van der Waals surface area contributed by atoms with Crippen molar-refractivity contribution in [3.63, 3.8) is 0 Å². The number of nitrogens with zero attached hydrogens (tertiary/aromatic N) is 1. The summed E-state index contributed by atoms with van der Waals surface area (Å²) in [5.74, 6) is -0.548. The second-order valence-corrected chi connectivity index (χ2v) is 7.12. The predicted octanol–water partition coefficient (Wildman–Crippen LogP) is 2.95. The lowest BCUT2D eigenvalue weighted by Crippen LogP contribution is -2.47. The quantitative estimate of drug-likeness (QED) is 0.832. The summed E-state index contributed by atoms with van der Waals surface area (Å²) in [7, 11) is 0. The Morgan fingerprint density at radius 2 is 1.72 bits per heavy atom. The van der Waals surface area contributed by atoms with Gasteiger partial charge in [0.1, 0.15) is 5.82 Å². The minimum Gasteiger partial charge on any atom is -0.335 e. The van der Waals surface area contributed by atoms with Gasteiger partial charge < -0.3 is 5.32 Å². The van der Waals surface area contributed by atoms with Gasteiger partial charge in [-0.1, -0.05) is 31.4 Å². The molecular formula is C19H26FN3O2. The van der Waals surface area contributed by atoms with Crippen LogP contribution in [0.25, 0.3) is 0 Å². The molecule has 1 aromatic carbocycles. The first-order valence-corrected chi connectivity index (χ1v) is 9.19. The van der Waals surface area contributed by atoms with Gasteiger partial charge in [-0.2, -0.15) is 0 Å². The molecule has 3 amide bonds. The molecule has 25 heavy (non-hydrogen) atoms. The summed E-state index contributed by atoms with van der Waals surface area (Å²) in [6.45, 7) is 0.767. The van der Waals surface area contributed by atoms with Gasteiger partial charge in [-0.05, 0) is 43.4 Å². The number of halogens is 1. The van der Waals surface area contributed by atoms with Crippen LogP contribution in [-0.2, 0) is 11.3 Å². The summed E-state index contributed by atoms with van der Waals surface area (Å²) in [5, 5.41) is 5.19. The molecule has 0 atom stereocenters. The lowest BCUT2D eigenvalue weighted by Gasteiger charge is -2.33. The van der Waals surface area contributed by atoms with Gasteiger partial charge in [0.25, 0.3) is 0 Å². The van der Waals surface area contributed by atoms with Gasteiger partial charge in [0.05, 0.1) is 6.54 Å². The van der Waals surface area contributed by atoms with E-state index in [9.17, 15) is 14.0 Å². The van der Waals surface area contributed by atoms with Crippen molar-refractivity contribution >= 4 is 11.9 Å². The SMILES string of the molecule is O=C(CN(Cc1ccc(F)cc1)C1CCCCC1)NC(=O)NC1CC1. The molecule has 0 saturated heterocycles. The molecule has 2 saturated carbocycles. The van der Waals surface area contributed by atoms with E-state index in [4.69, 9.17) is 0 Å². The number of nitrogens with one attached hydrogen (secondary N) is 2. The Labute approximate surface area is 148 Å². The van der Waals surface area contributed by atoms with E-state index in [1.807, 2.05) is 0 Å². The first-order valence-electron chi connectivity index (χ1n) is 9.19. The van der Waals surface area contributed by atoms with Crippen molar-refractivity contribution in [2.24, 2.45) is 0 Å². The highest BCUT2D eigenvalue weighted by molar-refractivity contribution is 5.95. The zero-order valence-electron chi connectivity index (χ0n) is 14.5. The molecule has 0 bridgehead atoms. The smallest absolute Gasteiger partial charge is 0.321 e. The Hall–Kier alpha value is -1.95. The highest BCUT2D eigenvalue weighted by Crippen LogP contribution is 2.24. The fourth-order valence-electron chi connectivity index (χ4n) is 3.38. The van der Waals surface area contributed by atoms with E-state index in [1.54, 1.807) is 12.1 Å². The third-order valence-electron chi connectivity index (χ3n) is 4.90. The summed E-state index contributed by atoms with van der Waals surface area (Å²) in [6.07, 6.45) is 7.64. The van der Waals surface area contributed by atoms with Crippen LogP contribution in [0.15, 0.2) is 24.3 Å². The average molecular weight is 347 g/mol. The molecule has 2 aliphatic rings. The number of hydrogen-bond donors (Lipinski definition) is 2. The van der Waals surface area contributed by atoms with Crippen LogP contribution in [0, 0.1) is 5.82 Å². The van der Waals surface area contributed by atoms with Crippen LogP contribution >= 0.6 is 0 Å². The monoisotopic (exact) mass is 347 g/mol. The topological polar surface area (TPSA) is 61.4 Å². The Balaban J connectivity index is 1.59. The number of rotatable bonds is 6. The van der Waals surface area contributed by atoms with Gasteiger partial charge >= 0.3 is 6.03 Å². The van der Waals surface area contributed by atoms with Crippen molar-refractivity contribution < 1.29 is 14.0 Å². The number of carbonyl (C=O) groups is 2. The van der Waals surface area contributed by atoms with E-state index in [-0.39, 0.29) is 24.3 Å². The van der Waals surface area contributed by atoms with Crippen molar-refractivity contribution in [3.8, 4) is 0 Å². The van der Waals surface area contributed by atoms with Crippen LogP contribution < -0.4 is 10.6 Å². The van der Waals surface area contributed by atoms with E-state index in [0.29, 0.717) is 12.6 Å². The van der Waals surface area contributed by atoms with Gasteiger partial charge in [-0.25, -0.2) is 9.18 Å². The molecule has 0 radical (unpaired) electrons. The van der Waals surface area contributed by atoms with Crippen molar-refractivity contribution in [1.82, 2.24) is 15.5 Å². The van der Waals surface area contributed by atoms with E-state index in [1.165, 1.54) is 18.6 Å². The molecule has 136 valence electrons. The summed E-state index contributed by atoms with van der Waals surface area (Å²) >= 11 is 0.